The van der Waals surface area contributed by atoms with E-state index in [4.69, 9.17) is 28.9 Å². The van der Waals surface area contributed by atoms with Crippen molar-refractivity contribution >= 4 is 23.2 Å². The topological polar surface area (TPSA) is 29.3 Å². The average molecular weight is 261 g/mol. The Kier molecular flexibility index (Phi) is 5.56. The van der Waals surface area contributed by atoms with Crippen LogP contribution in [0.25, 0.3) is 0 Å². The van der Waals surface area contributed by atoms with Crippen molar-refractivity contribution in [3.63, 3.8) is 0 Å². The Hall–Kier alpha value is -0.280. The number of rotatable bonds is 5. The summed E-state index contributed by atoms with van der Waals surface area (Å²) in [6.45, 7) is 1.61. The van der Waals surface area contributed by atoms with Crippen molar-refractivity contribution in [2.75, 3.05) is 27.2 Å². The highest BCUT2D eigenvalue weighted by Gasteiger charge is 2.13. The van der Waals surface area contributed by atoms with Gasteiger partial charge in [-0.25, -0.2) is 0 Å². The number of nitrogens with zero attached hydrogens (tertiary/aromatic N) is 1. The molecule has 1 aromatic rings. The molecule has 0 radical (unpaired) electrons. The van der Waals surface area contributed by atoms with Crippen LogP contribution in [-0.2, 0) is 0 Å². The molecule has 1 atom stereocenters. The van der Waals surface area contributed by atoms with Gasteiger partial charge in [0.25, 0.3) is 0 Å². The first-order valence-electron chi connectivity index (χ1n) is 5.34. The summed E-state index contributed by atoms with van der Waals surface area (Å²) in [5.41, 5.74) is 6.88. The van der Waals surface area contributed by atoms with E-state index >= 15 is 0 Å². The zero-order valence-corrected chi connectivity index (χ0v) is 11.2. The zero-order valence-electron chi connectivity index (χ0n) is 9.71. The van der Waals surface area contributed by atoms with Gasteiger partial charge in [-0.15, -0.1) is 0 Å². The molecule has 4 heteroatoms. The fourth-order valence-corrected chi connectivity index (χ4v) is 2.21. The van der Waals surface area contributed by atoms with Crippen LogP contribution in [0.1, 0.15) is 17.9 Å². The summed E-state index contributed by atoms with van der Waals surface area (Å²) in [6.07, 6.45) is 1.00. The van der Waals surface area contributed by atoms with Gasteiger partial charge in [0.05, 0.1) is 0 Å². The molecule has 0 aliphatic heterocycles. The first-order chi connectivity index (χ1) is 7.54. The highest BCUT2D eigenvalue weighted by Crippen LogP contribution is 2.29. The van der Waals surface area contributed by atoms with Crippen molar-refractivity contribution in [2.24, 2.45) is 5.73 Å². The highest BCUT2D eigenvalue weighted by atomic mass is 35.5. The van der Waals surface area contributed by atoms with Gasteiger partial charge < -0.3 is 10.6 Å². The lowest BCUT2D eigenvalue weighted by Crippen LogP contribution is -2.20. The van der Waals surface area contributed by atoms with Gasteiger partial charge in [-0.3, -0.25) is 0 Å². The normalized spacial score (nSPS) is 13.1. The van der Waals surface area contributed by atoms with Crippen molar-refractivity contribution < 1.29 is 0 Å². The smallest absolute Gasteiger partial charge is 0.0456 e. The van der Waals surface area contributed by atoms with E-state index in [2.05, 4.69) is 19.0 Å². The molecule has 1 rings (SSSR count). The largest absolute Gasteiger partial charge is 0.330 e. The van der Waals surface area contributed by atoms with E-state index in [0.29, 0.717) is 22.5 Å². The third-order valence-electron chi connectivity index (χ3n) is 2.61. The molecule has 0 bridgehead atoms. The Labute approximate surface area is 107 Å². The average Bonchev–Trinajstić information content (AvgIpc) is 2.21. The number of benzene rings is 1. The lowest BCUT2D eigenvalue weighted by molar-refractivity contribution is 0.382. The summed E-state index contributed by atoms with van der Waals surface area (Å²) in [7, 11) is 4.11. The summed E-state index contributed by atoms with van der Waals surface area (Å²) in [4.78, 5) is 2.15. The number of hydrogen-bond donors (Lipinski definition) is 1. The lowest BCUT2D eigenvalue weighted by Gasteiger charge is -2.19. The molecule has 0 aromatic heterocycles. The van der Waals surface area contributed by atoms with Crippen LogP contribution in [0.15, 0.2) is 18.2 Å². The van der Waals surface area contributed by atoms with E-state index in [0.717, 1.165) is 18.5 Å². The van der Waals surface area contributed by atoms with Crippen LogP contribution in [0.5, 0.6) is 0 Å². The molecule has 2 N–H and O–H groups in total. The molecule has 0 aliphatic carbocycles. The molecule has 90 valence electrons. The van der Waals surface area contributed by atoms with Gasteiger partial charge in [0.2, 0.25) is 0 Å². The maximum atomic E-state index is 6.16. The summed E-state index contributed by atoms with van der Waals surface area (Å²) in [5, 5.41) is 1.37. The molecule has 0 heterocycles. The molecule has 0 amide bonds. The molecular weight excluding hydrogens is 243 g/mol. The molecule has 0 fully saturated rings. The number of halogens is 2. The minimum absolute atomic E-state index is 0.298. The second-order valence-electron chi connectivity index (χ2n) is 4.19. The summed E-state index contributed by atoms with van der Waals surface area (Å²) >= 11 is 12.0. The van der Waals surface area contributed by atoms with Crippen LogP contribution >= 0.6 is 23.2 Å². The molecule has 0 aliphatic rings. The van der Waals surface area contributed by atoms with Crippen molar-refractivity contribution in [3.8, 4) is 0 Å². The third-order valence-corrected chi connectivity index (χ3v) is 3.17. The molecule has 16 heavy (non-hydrogen) atoms. The zero-order chi connectivity index (χ0) is 12.1. The number of hydrogen-bond acceptors (Lipinski definition) is 2. The lowest BCUT2D eigenvalue weighted by atomic mass is 9.95. The van der Waals surface area contributed by atoms with Gasteiger partial charge >= 0.3 is 0 Å². The highest BCUT2D eigenvalue weighted by molar-refractivity contribution is 6.35. The van der Waals surface area contributed by atoms with Crippen molar-refractivity contribution in [1.82, 2.24) is 4.90 Å². The monoisotopic (exact) mass is 260 g/mol. The Morgan fingerprint density at radius 1 is 1.31 bits per heavy atom. The van der Waals surface area contributed by atoms with Crippen LogP contribution in [0, 0.1) is 0 Å². The Morgan fingerprint density at radius 2 is 2.00 bits per heavy atom. The maximum absolute atomic E-state index is 6.16. The predicted octanol–water partition coefficient (Wildman–Crippen LogP) is 2.99. The maximum Gasteiger partial charge on any atom is 0.0456 e. The Morgan fingerprint density at radius 3 is 2.50 bits per heavy atom. The third kappa shape index (κ3) is 3.95. The van der Waals surface area contributed by atoms with E-state index in [-0.39, 0.29) is 0 Å². The van der Waals surface area contributed by atoms with Crippen LogP contribution in [0.4, 0.5) is 0 Å². The second kappa shape index (κ2) is 6.45. The van der Waals surface area contributed by atoms with E-state index in [1.54, 1.807) is 6.07 Å². The molecule has 0 saturated carbocycles. The molecule has 2 nitrogen and oxygen atoms in total. The molecule has 1 aromatic carbocycles. The van der Waals surface area contributed by atoms with Crippen LogP contribution in [0.2, 0.25) is 10.0 Å². The first-order valence-corrected chi connectivity index (χ1v) is 6.10. The summed E-state index contributed by atoms with van der Waals surface area (Å²) in [5.74, 6) is 0.298. The van der Waals surface area contributed by atoms with E-state index < -0.39 is 0 Å². The van der Waals surface area contributed by atoms with Crippen molar-refractivity contribution in [1.29, 1.82) is 0 Å². The molecule has 0 saturated heterocycles. The summed E-state index contributed by atoms with van der Waals surface area (Å²) < 4.78 is 0. The van der Waals surface area contributed by atoms with Crippen molar-refractivity contribution in [3.05, 3.63) is 33.8 Å². The van der Waals surface area contributed by atoms with Crippen LogP contribution in [-0.4, -0.2) is 32.1 Å². The fourth-order valence-electron chi connectivity index (χ4n) is 1.65. The van der Waals surface area contributed by atoms with Gasteiger partial charge in [-0.2, -0.15) is 0 Å². The Balaban J connectivity index is 2.78. The van der Waals surface area contributed by atoms with E-state index in [9.17, 15) is 0 Å². The molecule has 0 spiro atoms. The van der Waals surface area contributed by atoms with Crippen LogP contribution < -0.4 is 5.73 Å². The quantitative estimate of drug-likeness (QED) is 0.882. The Bertz CT molecular complexity index is 340. The van der Waals surface area contributed by atoms with E-state index in [1.807, 2.05) is 12.1 Å². The number of nitrogens with two attached hydrogens (primary N) is 1. The van der Waals surface area contributed by atoms with Gasteiger partial charge in [0, 0.05) is 10.0 Å². The summed E-state index contributed by atoms with van der Waals surface area (Å²) in [6, 6.07) is 5.61. The van der Waals surface area contributed by atoms with Gasteiger partial charge in [-0.05, 0) is 57.2 Å². The van der Waals surface area contributed by atoms with Crippen LogP contribution in [0.3, 0.4) is 0 Å². The van der Waals surface area contributed by atoms with E-state index in [1.165, 1.54) is 0 Å². The second-order valence-corrected chi connectivity index (χ2v) is 5.03. The minimum atomic E-state index is 0.298. The van der Waals surface area contributed by atoms with Gasteiger partial charge in [0.15, 0.2) is 0 Å². The fraction of sp³-hybridized carbons (Fsp3) is 0.500. The van der Waals surface area contributed by atoms with Gasteiger partial charge in [-0.1, -0.05) is 29.3 Å². The SMILES string of the molecule is CN(C)CCC(CN)c1ccc(Cl)cc1Cl. The minimum Gasteiger partial charge on any atom is -0.330 e. The van der Waals surface area contributed by atoms with Gasteiger partial charge in [0.1, 0.15) is 0 Å². The molecule has 1 unspecified atom stereocenters. The molecular formula is C12H18Cl2N2. The first kappa shape index (κ1) is 13.8. The van der Waals surface area contributed by atoms with Crippen molar-refractivity contribution in [2.45, 2.75) is 12.3 Å². The predicted molar refractivity (Wildman–Crippen MR) is 71.4 cm³/mol. The standard InChI is InChI=1S/C12H18Cl2N2/c1-16(2)6-5-9(8-15)11-4-3-10(13)7-12(11)14/h3-4,7,9H,5-6,8,15H2,1-2H3.